The van der Waals surface area contributed by atoms with E-state index < -0.39 is 13.7 Å². The van der Waals surface area contributed by atoms with Gasteiger partial charge in [-0.15, -0.1) is 5.10 Å². The third-order valence-electron chi connectivity index (χ3n) is 12.4. The van der Waals surface area contributed by atoms with E-state index in [1.165, 1.54) is 5.19 Å². The van der Waals surface area contributed by atoms with E-state index >= 15 is 4.79 Å². The van der Waals surface area contributed by atoms with Crippen LogP contribution in [0.3, 0.4) is 0 Å². The summed E-state index contributed by atoms with van der Waals surface area (Å²) in [6.07, 6.45) is 2.19. The van der Waals surface area contributed by atoms with E-state index in [-0.39, 0.29) is 48.4 Å². The first-order valence-electron chi connectivity index (χ1n) is 20.2. The average molecular weight is 886 g/mol. The lowest BCUT2D eigenvalue weighted by Crippen LogP contribution is -2.51. The number of aryl methyl sites for hydroxylation is 1. The van der Waals surface area contributed by atoms with Crippen molar-refractivity contribution in [3.8, 4) is 5.75 Å². The zero-order valence-corrected chi connectivity index (χ0v) is 36.7. The highest BCUT2D eigenvalue weighted by molar-refractivity contribution is 9.10. The quantitative estimate of drug-likeness (QED) is 0.0786. The lowest BCUT2D eigenvalue weighted by Gasteiger charge is -2.37. The van der Waals surface area contributed by atoms with Gasteiger partial charge in [0.25, 0.3) is 11.8 Å². The summed E-state index contributed by atoms with van der Waals surface area (Å²) < 4.78 is 15.6. The van der Waals surface area contributed by atoms with Crippen LogP contribution in [0.1, 0.15) is 52.0 Å². The Hall–Kier alpha value is -5.60. The Morgan fingerprint density at radius 2 is 1.75 bits per heavy atom. The number of carbonyl (C=O) groups is 2. The van der Waals surface area contributed by atoms with Crippen molar-refractivity contribution in [2.45, 2.75) is 62.7 Å². The molecule has 1 spiro atoms. The van der Waals surface area contributed by atoms with Crippen LogP contribution in [0.4, 0.5) is 17.1 Å². The summed E-state index contributed by atoms with van der Waals surface area (Å²) in [6, 6.07) is 38.5. The maximum absolute atomic E-state index is 15.4. The van der Waals surface area contributed by atoms with Crippen molar-refractivity contribution in [3.63, 3.8) is 0 Å². The first-order chi connectivity index (χ1) is 28.9. The molecule has 5 atom stereocenters. The van der Waals surface area contributed by atoms with Crippen LogP contribution in [-0.4, -0.2) is 59.8 Å². The number of halogens is 1. The lowest BCUT2D eigenvalue weighted by molar-refractivity contribution is -0.146. The fourth-order valence-electron chi connectivity index (χ4n) is 9.38. The molecule has 1 saturated heterocycles. The van der Waals surface area contributed by atoms with Gasteiger partial charge in [0.05, 0.1) is 51.7 Å². The maximum Gasteiger partial charge on any atom is 0.264 e. The first kappa shape index (κ1) is 41.1. The molecule has 1 aromatic heterocycles. The van der Waals surface area contributed by atoms with Crippen LogP contribution in [0.2, 0.25) is 18.6 Å². The van der Waals surface area contributed by atoms with Crippen molar-refractivity contribution in [1.82, 2.24) is 15.0 Å². The molecule has 11 nitrogen and oxygen atoms in total. The van der Waals surface area contributed by atoms with Crippen LogP contribution in [0.5, 0.6) is 5.75 Å². The number of aliphatic hydroxyl groups excluding tert-OH is 1. The summed E-state index contributed by atoms with van der Waals surface area (Å²) in [4.78, 5) is 30.3. The molecule has 0 aliphatic carbocycles. The number of nitrogens with zero attached hydrogens (tertiary/aromatic N) is 4. The van der Waals surface area contributed by atoms with Gasteiger partial charge in [0, 0.05) is 45.6 Å². The zero-order valence-electron chi connectivity index (χ0n) is 34.1. The van der Waals surface area contributed by atoms with Gasteiger partial charge >= 0.3 is 0 Å². The summed E-state index contributed by atoms with van der Waals surface area (Å²) in [5, 5.41) is 23.6. The van der Waals surface area contributed by atoms with Crippen LogP contribution < -0.4 is 25.9 Å². The first-order valence-corrected chi connectivity index (χ1v) is 24.1. The van der Waals surface area contributed by atoms with Crippen LogP contribution in [-0.2, 0) is 28.2 Å². The predicted molar refractivity (Wildman–Crippen MR) is 240 cm³/mol. The number of fused-ring (bicyclic) bond motifs is 2. The van der Waals surface area contributed by atoms with Crippen LogP contribution in [0, 0.1) is 5.92 Å². The molecular formula is C47H49BrN6O5Si. The van der Waals surface area contributed by atoms with Crippen molar-refractivity contribution in [1.29, 1.82) is 0 Å². The van der Waals surface area contributed by atoms with E-state index in [1.807, 2.05) is 101 Å². The number of nitrogen functional groups attached to an aromatic ring is 1. The summed E-state index contributed by atoms with van der Waals surface area (Å²) in [7, 11) is -0.736. The highest BCUT2D eigenvalue weighted by Crippen LogP contribution is 2.60. The van der Waals surface area contributed by atoms with Gasteiger partial charge in [0.1, 0.15) is 5.75 Å². The molecule has 1 unspecified atom stereocenters. The minimum atomic E-state index is -2.41. The third kappa shape index (κ3) is 7.66. The smallest absolute Gasteiger partial charge is 0.264 e. The number of nitrogens with two attached hydrogens (primary N) is 1. The van der Waals surface area contributed by atoms with Crippen molar-refractivity contribution in [2.24, 2.45) is 5.92 Å². The largest absolute Gasteiger partial charge is 0.497 e. The van der Waals surface area contributed by atoms with Gasteiger partial charge in [0.15, 0.2) is 5.60 Å². The number of nitrogens with one attached hydrogen (secondary N) is 1. The number of hydrogen-bond donors (Lipinski definition) is 3. The minimum absolute atomic E-state index is 0.0194. The Labute approximate surface area is 359 Å². The van der Waals surface area contributed by atoms with Gasteiger partial charge in [-0.05, 0) is 89.8 Å². The normalized spacial score (nSPS) is 20.3. The number of rotatable bonds is 13. The van der Waals surface area contributed by atoms with Crippen LogP contribution >= 0.6 is 15.9 Å². The van der Waals surface area contributed by atoms with Gasteiger partial charge in [-0.25, -0.2) is 0 Å². The molecule has 6 aromatic rings. The van der Waals surface area contributed by atoms with E-state index in [9.17, 15) is 9.90 Å². The molecule has 2 aliphatic heterocycles. The van der Waals surface area contributed by atoms with Crippen molar-refractivity contribution in [3.05, 3.63) is 160 Å². The second-order valence-electron chi connectivity index (χ2n) is 16.3. The number of hydrogen-bond acceptors (Lipinski definition) is 8. The number of benzene rings is 5. The molecule has 2 aliphatic rings. The Kier molecular flexibility index (Phi) is 11.5. The number of aromatic nitrogens is 3. The lowest BCUT2D eigenvalue weighted by atomic mass is 9.82. The van der Waals surface area contributed by atoms with Crippen molar-refractivity contribution >= 4 is 58.1 Å². The fraction of sp³-hybridized carbons (Fsp3) is 0.277. The van der Waals surface area contributed by atoms with E-state index in [0.29, 0.717) is 35.6 Å². The summed E-state index contributed by atoms with van der Waals surface area (Å²) in [5.41, 5.74) is 10.5. The van der Waals surface area contributed by atoms with Crippen molar-refractivity contribution < 1.29 is 24.2 Å². The molecule has 2 amide bonds. The van der Waals surface area contributed by atoms with E-state index in [1.54, 1.807) is 31.4 Å². The third-order valence-corrected chi connectivity index (χ3v) is 17.3. The van der Waals surface area contributed by atoms with Gasteiger partial charge in [-0.1, -0.05) is 101 Å². The Morgan fingerprint density at radius 3 is 2.47 bits per heavy atom. The number of ether oxygens (including phenoxy) is 2. The number of anilines is 3. The van der Waals surface area contributed by atoms with E-state index in [2.05, 4.69) is 63.7 Å². The van der Waals surface area contributed by atoms with Gasteiger partial charge < -0.3 is 30.5 Å². The van der Waals surface area contributed by atoms with Crippen LogP contribution in [0.25, 0.3) is 0 Å². The fourth-order valence-corrected chi connectivity index (χ4v) is 13.8. The molecule has 4 N–H and O–H groups in total. The highest BCUT2D eigenvalue weighted by Gasteiger charge is 2.66. The van der Waals surface area contributed by atoms with Crippen LogP contribution in [0.15, 0.2) is 132 Å². The zero-order chi connectivity index (χ0) is 42.2. The minimum Gasteiger partial charge on any atom is -0.497 e. The summed E-state index contributed by atoms with van der Waals surface area (Å²) in [5.74, 6) is -0.0641. The molecule has 0 bridgehead atoms. The molecule has 3 heterocycles. The molecule has 0 saturated carbocycles. The molecule has 60 heavy (non-hydrogen) atoms. The Morgan fingerprint density at radius 1 is 1.00 bits per heavy atom. The van der Waals surface area contributed by atoms with Crippen molar-refractivity contribution in [2.75, 3.05) is 29.7 Å². The predicted octanol–water partition coefficient (Wildman–Crippen LogP) is 7.86. The molecule has 0 radical (unpaired) electrons. The molecule has 5 aromatic carbocycles. The summed E-state index contributed by atoms with van der Waals surface area (Å²) >= 11 is 3.72. The van der Waals surface area contributed by atoms with Gasteiger partial charge in [0.2, 0.25) is 0 Å². The molecule has 13 heteroatoms. The van der Waals surface area contributed by atoms with Gasteiger partial charge in [-0.2, -0.15) is 0 Å². The van der Waals surface area contributed by atoms with E-state index in [4.69, 9.17) is 15.2 Å². The molecule has 8 rings (SSSR count). The monoisotopic (exact) mass is 884 g/mol. The number of aliphatic hydroxyl groups is 1. The average Bonchev–Trinajstić information content (AvgIpc) is 3.91. The summed E-state index contributed by atoms with van der Waals surface area (Å²) in [6.45, 7) is 7.62. The second-order valence-corrected chi connectivity index (χ2v) is 21.9. The van der Waals surface area contributed by atoms with Gasteiger partial charge in [-0.3, -0.25) is 14.3 Å². The number of amides is 2. The van der Waals surface area contributed by atoms with E-state index in [0.717, 1.165) is 32.6 Å². The Bertz CT molecular complexity index is 2500. The standard InChI is InChI=1S/C47H49BrN6O5Si/c1-30-44(60(3,4)38-20-18-37(58-2)19-21-38)43(23-24-53-28-41(51-52-53)39(29-55)32-10-6-5-7-11-32)59-47(30)40-26-34(48)15-22-42(40)54(46(47)57)27-31-9-8-12-36(25-31)50-45(56)33-13-16-35(49)17-14-33/h5-22,25-26,28,30,39,43-44,55H,23-24,27,29,49H2,1-4H3,(H,50,56)/t30-,39?,43+,44-,47+/m0/s1. The molecular weight excluding hydrogens is 837 g/mol. The Balaban J connectivity index is 1.12. The molecule has 308 valence electrons. The number of methoxy groups -OCH3 is 1. The SMILES string of the molecule is COc1ccc([Si](C)(C)[C@@H]2[C@@H](CCn3cc(C(CO)c4ccccc4)nn3)O[C@]3(C(=O)N(Cc4cccc(NC(=O)c5ccc(N)cc5)c4)c4ccc(Br)cc43)[C@H]2C)cc1. The second kappa shape index (κ2) is 16.8. The number of carbonyl (C=O) groups excluding carboxylic acids is 2. The highest BCUT2D eigenvalue weighted by atomic mass is 79.9. The maximum atomic E-state index is 15.4. The topological polar surface area (TPSA) is 145 Å². The molecule has 1 fully saturated rings.